The van der Waals surface area contributed by atoms with Crippen molar-refractivity contribution in [1.29, 1.82) is 0 Å². The molecule has 0 N–H and O–H groups in total. The first-order valence-corrected chi connectivity index (χ1v) is 8.38. The lowest BCUT2D eigenvalue weighted by Gasteiger charge is -2.20. The number of sulfonamides is 1. The number of carbonyl (C=O) groups excluding carboxylic acids is 1. The molecular formula is C11H16N2O4S2. The molecule has 0 unspecified atom stereocenters. The van der Waals surface area contributed by atoms with Crippen LogP contribution in [-0.4, -0.2) is 43.4 Å². The average molecular weight is 304 g/mol. The molecule has 8 heteroatoms. The second kappa shape index (κ2) is 5.56. The Labute approximate surface area is 116 Å². The summed E-state index contributed by atoms with van der Waals surface area (Å²) in [5.41, 5.74) is 1.24. The van der Waals surface area contributed by atoms with Crippen LogP contribution in [0.1, 0.15) is 36.7 Å². The van der Waals surface area contributed by atoms with E-state index >= 15 is 0 Å². The fourth-order valence-corrected chi connectivity index (χ4v) is 4.86. The minimum Gasteiger partial charge on any atom is -0.464 e. The largest absolute Gasteiger partial charge is 0.464 e. The van der Waals surface area contributed by atoms with E-state index in [9.17, 15) is 13.2 Å². The Morgan fingerprint density at radius 2 is 2.26 bits per heavy atom. The second-order valence-corrected chi connectivity index (χ2v) is 7.27. The van der Waals surface area contributed by atoms with Crippen LogP contribution in [0.4, 0.5) is 0 Å². The molecule has 106 valence electrons. The third-order valence-electron chi connectivity index (χ3n) is 2.85. The highest BCUT2D eigenvalue weighted by Crippen LogP contribution is 2.34. The highest BCUT2D eigenvalue weighted by atomic mass is 32.2. The van der Waals surface area contributed by atoms with Crippen LogP contribution in [0, 0.1) is 0 Å². The lowest BCUT2D eigenvalue weighted by Crippen LogP contribution is -2.34. The van der Waals surface area contributed by atoms with E-state index in [1.165, 1.54) is 16.9 Å². The first-order chi connectivity index (χ1) is 9.02. The standard InChI is InChI=1S/C11H16N2O4S2/c1-3-6-13(8-4-5-8)19(15,16)11-9(10(14)17-2)12-7-18-11/h7-8H,3-6H2,1-2H3. The molecule has 1 aromatic rings. The molecule has 0 spiro atoms. The molecule has 19 heavy (non-hydrogen) atoms. The second-order valence-electron chi connectivity index (χ2n) is 4.33. The molecule has 1 saturated carbocycles. The van der Waals surface area contributed by atoms with Crippen LogP contribution in [0.5, 0.6) is 0 Å². The predicted molar refractivity (Wildman–Crippen MR) is 70.7 cm³/mol. The van der Waals surface area contributed by atoms with Crippen LogP contribution >= 0.6 is 11.3 Å². The van der Waals surface area contributed by atoms with Gasteiger partial charge in [0.1, 0.15) is 0 Å². The number of carbonyl (C=O) groups is 1. The van der Waals surface area contributed by atoms with Crippen molar-refractivity contribution < 1.29 is 17.9 Å². The van der Waals surface area contributed by atoms with Crippen molar-refractivity contribution in [3.05, 3.63) is 11.2 Å². The van der Waals surface area contributed by atoms with Crippen LogP contribution in [0.2, 0.25) is 0 Å². The Morgan fingerprint density at radius 3 is 2.79 bits per heavy atom. The molecule has 0 saturated heterocycles. The number of aromatic nitrogens is 1. The first kappa shape index (κ1) is 14.4. The number of esters is 1. The molecule has 1 aliphatic rings. The van der Waals surface area contributed by atoms with Crippen molar-refractivity contribution in [3.8, 4) is 0 Å². The molecule has 0 amide bonds. The van der Waals surface area contributed by atoms with Gasteiger partial charge in [0.2, 0.25) is 0 Å². The number of thiazole rings is 1. The molecule has 0 bridgehead atoms. The number of methoxy groups -OCH3 is 1. The SMILES string of the molecule is CCCN(C1CC1)S(=O)(=O)c1scnc1C(=O)OC. The van der Waals surface area contributed by atoms with E-state index in [4.69, 9.17) is 0 Å². The zero-order valence-corrected chi connectivity index (χ0v) is 12.5. The summed E-state index contributed by atoms with van der Waals surface area (Å²) in [5, 5.41) is 0. The fraction of sp³-hybridized carbons (Fsp3) is 0.636. The van der Waals surface area contributed by atoms with Gasteiger partial charge >= 0.3 is 5.97 Å². The monoisotopic (exact) mass is 304 g/mol. The van der Waals surface area contributed by atoms with Crippen LogP contribution < -0.4 is 0 Å². The van der Waals surface area contributed by atoms with Gasteiger partial charge in [-0.15, -0.1) is 11.3 Å². The summed E-state index contributed by atoms with van der Waals surface area (Å²) in [7, 11) is -2.44. The van der Waals surface area contributed by atoms with Gasteiger partial charge in [0.05, 0.1) is 12.6 Å². The van der Waals surface area contributed by atoms with Gasteiger partial charge in [0, 0.05) is 12.6 Å². The van der Waals surface area contributed by atoms with Crippen LogP contribution in [0.15, 0.2) is 9.72 Å². The maximum absolute atomic E-state index is 12.6. The number of nitrogens with zero attached hydrogens (tertiary/aromatic N) is 2. The van der Waals surface area contributed by atoms with Gasteiger partial charge in [0.15, 0.2) is 9.90 Å². The van der Waals surface area contributed by atoms with Crippen LogP contribution in [0.3, 0.4) is 0 Å². The molecule has 0 radical (unpaired) electrons. The number of hydrogen-bond donors (Lipinski definition) is 0. The van der Waals surface area contributed by atoms with Crippen molar-refractivity contribution >= 4 is 27.3 Å². The predicted octanol–water partition coefficient (Wildman–Crippen LogP) is 1.49. The normalized spacial score (nSPS) is 15.7. The Kier molecular flexibility index (Phi) is 4.22. The van der Waals surface area contributed by atoms with E-state index in [-0.39, 0.29) is 15.9 Å². The Hall–Kier alpha value is -0.990. The van der Waals surface area contributed by atoms with Gasteiger partial charge < -0.3 is 4.74 Å². The summed E-state index contributed by atoms with van der Waals surface area (Å²) in [6.45, 7) is 2.39. The van der Waals surface area contributed by atoms with Crippen molar-refractivity contribution in [2.75, 3.05) is 13.7 Å². The molecular weight excluding hydrogens is 288 g/mol. The summed E-state index contributed by atoms with van der Waals surface area (Å²) in [6, 6.07) is 0.0672. The molecule has 1 heterocycles. The number of ether oxygens (including phenoxy) is 1. The molecule has 2 rings (SSSR count). The third-order valence-corrected chi connectivity index (χ3v) is 6.15. The lowest BCUT2D eigenvalue weighted by molar-refractivity contribution is 0.0590. The summed E-state index contributed by atoms with van der Waals surface area (Å²) < 4.78 is 31.2. The van der Waals surface area contributed by atoms with Crippen molar-refractivity contribution in [2.45, 2.75) is 36.4 Å². The number of rotatable bonds is 6. The van der Waals surface area contributed by atoms with Crippen molar-refractivity contribution in [3.63, 3.8) is 0 Å². The van der Waals surface area contributed by atoms with Gasteiger partial charge in [-0.3, -0.25) is 0 Å². The zero-order chi connectivity index (χ0) is 14.0. The van der Waals surface area contributed by atoms with E-state index < -0.39 is 16.0 Å². The van der Waals surface area contributed by atoms with Crippen molar-refractivity contribution in [1.82, 2.24) is 9.29 Å². The van der Waals surface area contributed by atoms with Crippen molar-refractivity contribution in [2.24, 2.45) is 0 Å². The first-order valence-electron chi connectivity index (χ1n) is 6.06. The van der Waals surface area contributed by atoms with E-state index in [1.54, 1.807) is 0 Å². The van der Waals surface area contributed by atoms with Gasteiger partial charge in [-0.1, -0.05) is 6.92 Å². The van der Waals surface area contributed by atoms with Gasteiger partial charge in [-0.25, -0.2) is 18.2 Å². The van der Waals surface area contributed by atoms with E-state index in [2.05, 4.69) is 9.72 Å². The molecule has 0 atom stereocenters. The summed E-state index contributed by atoms with van der Waals surface area (Å²) in [4.78, 5) is 15.4. The van der Waals surface area contributed by atoms with Gasteiger partial charge in [-0.2, -0.15) is 4.31 Å². The third kappa shape index (κ3) is 2.80. The summed E-state index contributed by atoms with van der Waals surface area (Å²) in [5.74, 6) is -0.716. The van der Waals surface area contributed by atoms with Crippen LogP contribution in [-0.2, 0) is 14.8 Å². The van der Waals surface area contributed by atoms with E-state index in [0.717, 1.165) is 30.6 Å². The lowest BCUT2D eigenvalue weighted by atomic mass is 10.5. The van der Waals surface area contributed by atoms with E-state index in [0.29, 0.717) is 6.54 Å². The average Bonchev–Trinajstić information content (AvgIpc) is 3.09. The molecule has 1 aliphatic carbocycles. The Bertz CT molecular complexity index is 563. The molecule has 1 fully saturated rings. The van der Waals surface area contributed by atoms with Crippen LogP contribution in [0.25, 0.3) is 0 Å². The Morgan fingerprint density at radius 1 is 1.58 bits per heavy atom. The Balaban J connectivity index is 2.38. The number of hydrogen-bond acceptors (Lipinski definition) is 6. The van der Waals surface area contributed by atoms with Gasteiger partial charge in [0.25, 0.3) is 10.0 Å². The molecule has 1 aromatic heterocycles. The molecule has 0 aromatic carbocycles. The minimum atomic E-state index is -3.65. The summed E-state index contributed by atoms with van der Waals surface area (Å²) in [6.07, 6.45) is 2.50. The summed E-state index contributed by atoms with van der Waals surface area (Å²) >= 11 is 0.958. The topological polar surface area (TPSA) is 76.6 Å². The zero-order valence-electron chi connectivity index (χ0n) is 10.8. The maximum atomic E-state index is 12.6. The fourth-order valence-electron chi connectivity index (χ4n) is 1.84. The molecule has 0 aliphatic heterocycles. The quantitative estimate of drug-likeness (QED) is 0.744. The minimum absolute atomic E-state index is 0.0142. The van der Waals surface area contributed by atoms with Gasteiger partial charge in [-0.05, 0) is 19.3 Å². The highest BCUT2D eigenvalue weighted by Gasteiger charge is 2.40. The highest BCUT2D eigenvalue weighted by molar-refractivity contribution is 7.91. The smallest absolute Gasteiger partial charge is 0.358 e. The molecule has 6 nitrogen and oxygen atoms in total. The maximum Gasteiger partial charge on any atom is 0.358 e. The van der Waals surface area contributed by atoms with E-state index in [1.807, 2.05) is 6.92 Å².